The number of nitrogens with one attached hydrogen (secondary N) is 1. The fraction of sp³-hybridized carbons (Fsp3) is 0.560. The number of aliphatic hydroxyl groups excluding tert-OH is 2. The van der Waals surface area contributed by atoms with Crippen LogP contribution in [0, 0.1) is 5.82 Å². The van der Waals surface area contributed by atoms with Crippen LogP contribution in [0.15, 0.2) is 21.9 Å². The van der Waals surface area contributed by atoms with Crippen LogP contribution in [-0.4, -0.2) is 50.7 Å². The number of ether oxygens (including phenoxy) is 1. The summed E-state index contributed by atoms with van der Waals surface area (Å²) in [6.07, 6.45) is -7.53. The highest BCUT2D eigenvalue weighted by Crippen LogP contribution is 2.58. The molecule has 0 amide bonds. The zero-order chi connectivity index (χ0) is 30.9. The Balaban J connectivity index is 1.65. The van der Waals surface area contributed by atoms with E-state index in [1.807, 2.05) is 41.5 Å². The Morgan fingerprint density at radius 3 is 2.45 bits per heavy atom. The summed E-state index contributed by atoms with van der Waals surface area (Å²) in [4.78, 5) is 36.8. The lowest BCUT2D eigenvalue weighted by atomic mass is 9.78. The van der Waals surface area contributed by atoms with Crippen LogP contribution in [0.4, 0.5) is 8.78 Å². The number of phosphoric acid groups is 1. The van der Waals surface area contributed by atoms with Gasteiger partial charge in [0, 0.05) is 11.8 Å². The largest absolute Gasteiger partial charge is 0.530 e. The van der Waals surface area contributed by atoms with E-state index in [0.29, 0.717) is 17.3 Å². The third-order valence-electron chi connectivity index (χ3n) is 6.52. The van der Waals surface area contributed by atoms with Gasteiger partial charge in [-0.1, -0.05) is 41.5 Å². The molecule has 2 aliphatic heterocycles. The monoisotopic (exact) mass is 589 g/mol. The summed E-state index contributed by atoms with van der Waals surface area (Å²) in [5, 5.41) is 20.9. The number of aliphatic hydroxyl groups is 2. The Kier molecular flexibility index (Phi) is 7.17. The highest BCUT2D eigenvalue weighted by Gasteiger charge is 2.58. The molecule has 4 rings (SSSR count). The van der Waals surface area contributed by atoms with Gasteiger partial charge in [0.2, 0.25) is 0 Å². The number of phosphoric ester groups is 1. The predicted molar refractivity (Wildman–Crippen MR) is 135 cm³/mol. The molecule has 1 fully saturated rings. The van der Waals surface area contributed by atoms with E-state index in [1.165, 1.54) is 0 Å². The van der Waals surface area contributed by atoms with Gasteiger partial charge in [-0.25, -0.2) is 18.1 Å². The average molecular weight is 590 g/mol. The lowest BCUT2D eigenvalue weighted by molar-refractivity contribution is -0.205. The minimum atomic E-state index is -4.70. The molecule has 0 bridgehead atoms. The molecular formula is C25H31F2N2O10P. The molecule has 12 nitrogen and oxygen atoms in total. The Morgan fingerprint density at radius 1 is 1.25 bits per heavy atom. The number of carbonyl (C=O) groups is 1. The number of rotatable bonds is 5. The molecule has 1 aromatic carbocycles. The first kappa shape index (κ1) is 28.8. The molecule has 3 heterocycles. The van der Waals surface area contributed by atoms with Crippen LogP contribution in [0.5, 0.6) is 5.75 Å². The van der Waals surface area contributed by atoms with E-state index < -0.39 is 78.8 Å². The number of aromatic amines is 1. The van der Waals surface area contributed by atoms with E-state index in [-0.39, 0.29) is 22.2 Å². The minimum Gasteiger partial charge on any atom is -0.403 e. The van der Waals surface area contributed by atoms with Crippen molar-refractivity contribution in [2.75, 3.05) is 6.61 Å². The zero-order valence-electron chi connectivity index (χ0n) is 23.6. The molecule has 1 saturated heterocycles. The van der Waals surface area contributed by atoms with E-state index in [1.54, 1.807) is 11.1 Å². The summed E-state index contributed by atoms with van der Waals surface area (Å²) in [6, 6.07) is 1.59. The summed E-state index contributed by atoms with van der Waals surface area (Å²) in [5.41, 5.74) is -3.54. The van der Waals surface area contributed by atoms with E-state index in [9.17, 15) is 29.2 Å². The molecule has 0 spiro atoms. The minimum absolute atomic E-state index is 0.0198. The normalized spacial score (nSPS) is 30.9. The number of halogens is 2. The number of aldehydes is 1. The smallest absolute Gasteiger partial charge is 0.403 e. The van der Waals surface area contributed by atoms with E-state index in [0.717, 1.165) is 0 Å². The highest BCUT2D eigenvalue weighted by molar-refractivity contribution is 7.49. The summed E-state index contributed by atoms with van der Waals surface area (Å²) >= 11 is 0. The number of benzene rings is 1. The predicted octanol–water partition coefficient (Wildman–Crippen LogP) is 2.73. The highest BCUT2D eigenvalue weighted by atomic mass is 31.2. The lowest BCUT2D eigenvalue weighted by Gasteiger charge is -2.34. The lowest BCUT2D eigenvalue weighted by Crippen LogP contribution is -2.43. The first-order valence-corrected chi connectivity index (χ1v) is 13.6. The van der Waals surface area contributed by atoms with Crippen molar-refractivity contribution in [2.45, 2.75) is 83.2 Å². The van der Waals surface area contributed by atoms with Gasteiger partial charge in [0.25, 0.3) is 11.4 Å². The van der Waals surface area contributed by atoms with Gasteiger partial charge in [-0.05, 0) is 22.5 Å². The number of H-pyrrole nitrogens is 1. The number of hydrogen-bond acceptors (Lipinski definition) is 10. The first-order chi connectivity index (χ1) is 18.7. The van der Waals surface area contributed by atoms with Crippen molar-refractivity contribution in [2.24, 2.45) is 0 Å². The molecule has 3 N–H and O–H groups in total. The van der Waals surface area contributed by atoms with Crippen LogP contribution < -0.4 is 15.8 Å². The third-order valence-corrected chi connectivity index (χ3v) is 7.81. The summed E-state index contributed by atoms with van der Waals surface area (Å²) in [5.74, 6) is -4.22. The van der Waals surface area contributed by atoms with Crippen molar-refractivity contribution >= 4 is 14.1 Å². The van der Waals surface area contributed by atoms with Gasteiger partial charge in [-0.3, -0.25) is 28.2 Å². The van der Waals surface area contributed by atoms with Crippen LogP contribution in [0.3, 0.4) is 0 Å². The van der Waals surface area contributed by atoms with Crippen LogP contribution in [0.2, 0.25) is 0 Å². The molecule has 1 aromatic heterocycles. The van der Waals surface area contributed by atoms with E-state index >= 15 is 8.78 Å². The second-order valence-electron chi connectivity index (χ2n) is 11.6. The molecule has 2 aliphatic rings. The molecule has 40 heavy (non-hydrogen) atoms. The molecule has 0 radical (unpaired) electrons. The maximum Gasteiger partial charge on any atom is 0.530 e. The van der Waals surface area contributed by atoms with Gasteiger partial charge in [-0.2, -0.15) is 0 Å². The molecule has 220 valence electrons. The van der Waals surface area contributed by atoms with Crippen molar-refractivity contribution in [3.05, 3.63) is 61.2 Å². The molecule has 2 aromatic rings. The first-order valence-electron chi connectivity index (χ1n) is 12.7. The van der Waals surface area contributed by atoms with Crippen LogP contribution in [0.25, 0.3) is 0 Å². The second-order valence-corrected chi connectivity index (χ2v) is 13.2. The summed E-state index contributed by atoms with van der Waals surface area (Å²) < 4.78 is 74.1. The number of alkyl halides is 1. The standard InChI is InChI=1S/C25H31F2N2O10P/c1-23(2,3)14-7-15(24(4,5)6)18-13(16(14)26)10-36-40(35,39-18)37-11-25(27)19(32)17(31)21(38-25)29-8-12(9-30)20(33)28-22(29)34/h7-9,17,19,21,31-32H,10-11H2,1-6H3,(H,28,33,34)/t17-,19+,21-,25-,40?/m1/s1/i21D. The Hall–Kier alpha value is -2.74. The topological polar surface area (TPSA) is 166 Å². The Labute approximate surface area is 228 Å². The quantitative estimate of drug-likeness (QED) is 0.349. The Bertz CT molecular complexity index is 1570. The van der Waals surface area contributed by atoms with Crippen molar-refractivity contribution < 1.29 is 48.0 Å². The third kappa shape index (κ3) is 5.31. The van der Waals surface area contributed by atoms with Crippen molar-refractivity contribution in [3.8, 4) is 5.75 Å². The van der Waals surface area contributed by atoms with Crippen LogP contribution >= 0.6 is 7.82 Å². The summed E-state index contributed by atoms with van der Waals surface area (Å²) in [7, 11) is -4.70. The fourth-order valence-electron chi connectivity index (χ4n) is 4.25. The maximum absolute atomic E-state index is 15.8. The van der Waals surface area contributed by atoms with Gasteiger partial charge < -0.3 is 19.5 Å². The fourth-order valence-corrected chi connectivity index (χ4v) is 5.49. The van der Waals surface area contributed by atoms with Gasteiger partial charge >= 0.3 is 13.5 Å². The second kappa shape index (κ2) is 9.97. The zero-order valence-corrected chi connectivity index (χ0v) is 23.5. The van der Waals surface area contributed by atoms with Gasteiger partial charge in [0.1, 0.15) is 30.4 Å². The number of nitrogens with zero attached hydrogens (tertiary/aromatic N) is 1. The molecule has 0 saturated carbocycles. The van der Waals surface area contributed by atoms with Crippen molar-refractivity contribution in [1.82, 2.24) is 9.55 Å². The Morgan fingerprint density at radius 2 is 1.88 bits per heavy atom. The van der Waals surface area contributed by atoms with Crippen LogP contribution in [0.1, 0.15) is 76.2 Å². The van der Waals surface area contributed by atoms with Gasteiger partial charge in [0.05, 0.1) is 19.1 Å². The maximum atomic E-state index is 15.8. The SMILES string of the molecule is [2H][C@@]1(n2cc(C=O)c(=O)[nH]c2=O)O[C@](F)(COP2(=O)OCc3c(F)c(C(C)(C)C)cc(C(C)(C)C)c3O2)[C@@H](O)[C@H]1O. The molecule has 1 unspecified atom stereocenters. The molecule has 15 heteroatoms. The summed E-state index contributed by atoms with van der Waals surface area (Å²) in [6.45, 7) is 8.90. The van der Waals surface area contributed by atoms with E-state index in [2.05, 4.69) is 0 Å². The number of hydrogen-bond donors (Lipinski definition) is 3. The number of carbonyl (C=O) groups excluding carboxylic acids is 1. The number of aromatic nitrogens is 2. The van der Waals surface area contributed by atoms with Gasteiger partial charge in [-0.15, -0.1) is 0 Å². The van der Waals surface area contributed by atoms with Crippen molar-refractivity contribution in [3.63, 3.8) is 0 Å². The van der Waals surface area contributed by atoms with Crippen molar-refractivity contribution in [1.29, 1.82) is 0 Å². The molecular weight excluding hydrogens is 557 g/mol. The van der Waals surface area contributed by atoms with Gasteiger partial charge in [0.15, 0.2) is 12.5 Å². The van der Waals surface area contributed by atoms with E-state index in [4.69, 9.17) is 19.7 Å². The molecule has 5 atom stereocenters. The number of fused-ring (bicyclic) bond motifs is 1. The molecule has 0 aliphatic carbocycles. The average Bonchev–Trinajstić information content (AvgIpc) is 3.02. The van der Waals surface area contributed by atoms with Crippen LogP contribution in [-0.2, 0) is 35.8 Å².